The molecule has 0 radical (unpaired) electrons. The van der Waals surface area contributed by atoms with E-state index >= 15 is 0 Å². The summed E-state index contributed by atoms with van der Waals surface area (Å²) in [5, 5.41) is 4.32. The normalized spacial score (nSPS) is 15.9. The molecule has 18 heavy (non-hydrogen) atoms. The van der Waals surface area contributed by atoms with Crippen LogP contribution in [0.5, 0.6) is 0 Å². The van der Waals surface area contributed by atoms with Gasteiger partial charge in [0.1, 0.15) is 0 Å². The predicted octanol–water partition coefficient (Wildman–Crippen LogP) is 0.281. The first kappa shape index (κ1) is 12.5. The quantitative estimate of drug-likeness (QED) is 0.819. The topological polar surface area (TPSA) is 76.6 Å². The van der Waals surface area contributed by atoms with Crippen molar-refractivity contribution in [2.24, 2.45) is 7.05 Å². The summed E-state index contributed by atoms with van der Waals surface area (Å²) in [6.45, 7) is 4.93. The summed E-state index contributed by atoms with van der Waals surface area (Å²) < 4.78 is 6.67. The number of carbonyl (C=O) groups excluding carboxylic acids is 1. The molecule has 1 aliphatic rings. The van der Waals surface area contributed by atoms with Gasteiger partial charge >= 0.3 is 6.09 Å². The van der Waals surface area contributed by atoms with Gasteiger partial charge in [0.2, 0.25) is 0 Å². The van der Waals surface area contributed by atoms with Crippen LogP contribution in [-0.2, 0) is 11.8 Å². The minimum Gasteiger partial charge on any atom is -0.450 e. The Kier molecular flexibility index (Phi) is 3.59. The van der Waals surface area contributed by atoms with Crippen LogP contribution in [0, 0.1) is 0 Å². The maximum Gasteiger partial charge on any atom is 0.409 e. The van der Waals surface area contributed by atoms with Gasteiger partial charge in [-0.25, -0.2) is 4.79 Å². The number of nitrogens with zero attached hydrogens (tertiary/aromatic N) is 4. The second kappa shape index (κ2) is 5.16. The number of nitrogen functional groups attached to an aromatic ring is 1. The third-order valence-corrected chi connectivity index (χ3v) is 2.94. The molecule has 0 atom stereocenters. The Morgan fingerprint density at radius 1 is 1.44 bits per heavy atom. The van der Waals surface area contributed by atoms with E-state index in [1.54, 1.807) is 15.8 Å². The molecule has 0 unspecified atom stereocenters. The van der Waals surface area contributed by atoms with Gasteiger partial charge in [-0.3, -0.25) is 4.68 Å². The van der Waals surface area contributed by atoms with Crippen molar-refractivity contribution in [3.63, 3.8) is 0 Å². The van der Waals surface area contributed by atoms with Crippen LogP contribution in [0.15, 0.2) is 6.20 Å². The lowest BCUT2D eigenvalue weighted by molar-refractivity contribution is 0.105. The number of hydrogen-bond acceptors (Lipinski definition) is 5. The fraction of sp³-hybridized carbons (Fsp3) is 0.636. The van der Waals surface area contributed by atoms with Gasteiger partial charge in [0.15, 0.2) is 5.82 Å². The van der Waals surface area contributed by atoms with E-state index in [4.69, 9.17) is 10.5 Å². The second-order valence-corrected chi connectivity index (χ2v) is 4.25. The molecule has 1 amide bonds. The molecule has 1 aliphatic heterocycles. The fourth-order valence-corrected chi connectivity index (χ4v) is 2.06. The SMILES string of the molecule is CCOC(=O)N1CCN(c2nn(C)cc2N)CC1. The van der Waals surface area contributed by atoms with Crippen LogP contribution in [0.4, 0.5) is 16.3 Å². The van der Waals surface area contributed by atoms with Crippen molar-refractivity contribution in [3.8, 4) is 0 Å². The molecule has 0 spiro atoms. The van der Waals surface area contributed by atoms with Gasteiger partial charge in [-0.2, -0.15) is 5.10 Å². The molecule has 0 saturated carbocycles. The highest BCUT2D eigenvalue weighted by molar-refractivity contribution is 5.68. The maximum absolute atomic E-state index is 11.6. The molecule has 0 aliphatic carbocycles. The summed E-state index contributed by atoms with van der Waals surface area (Å²) >= 11 is 0. The molecule has 0 aromatic carbocycles. The largest absolute Gasteiger partial charge is 0.450 e. The van der Waals surface area contributed by atoms with Crippen molar-refractivity contribution in [2.45, 2.75) is 6.92 Å². The Morgan fingerprint density at radius 3 is 2.61 bits per heavy atom. The number of hydrogen-bond donors (Lipinski definition) is 1. The van der Waals surface area contributed by atoms with Crippen LogP contribution < -0.4 is 10.6 Å². The van der Waals surface area contributed by atoms with Crippen molar-refractivity contribution in [1.29, 1.82) is 0 Å². The van der Waals surface area contributed by atoms with E-state index in [9.17, 15) is 4.79 Å². The molecule has 1 aromatic heterocycles. The van der Waals surface area contributed by atoms with Crippen LogP contribution in [0.3, 0.4) is 0 Å². The summed E-state index contributed by atoms with van der Waals surface area (Å²) in [6.07, 6.45) is 1.54. The standard InChI is InChI=1S/C11H19N5O2/c1-3-18-11(17)16-6-4-15(5-7-16)10-9(12)8-14(2)13-10/h8H,3-7,12H2,1-2H3. The number of aromatic nitrogens is 2. The lowest BCUT2D eigenvalue weighted by atomic mass is 10.3. The third kappa shape index (κ3) is 2.49. The number of ether oxygens (including phenoxy) is 1. The Balaban J connectivity index is 1.94. The Labute approximate surface area is 106 Å². The van der Waals surface area contributed by atoms with E-state index in [0.717, 1.165) is 18.9 Å². The highest BCUT2D eigenvalue weighted by Crippen LogP contribution is 2.21. The molecule has 2 rings (SSSR count). The molecular weight excluding hydrogens is 234 g/mol. The van der Waals surface area contributed by atoms with Gasteiger partial charge in [-0.1, -0.05) is 0 Å². The first-order chi connectivity index (χ1) is 8.61. The first-order valence-electron chi connectivity index (χ1n) is 6.07. The van der Waals surface area contributed by atoms with Crippen molar-refractivity contribution >= 4 is 17.6 Å². The van der Waals surface area contributed by atoms with E-state index in [0.29, 0.717) is 25.4 Å². The van der Waals surface area contributed by atoms with E-state index in [1.165, 1.54) is 0 Å². The summed E-state index contributed by atoms with van der Waals surface area (Å²) in [7, 11) is 1.84. The zero-order valence-electron chi connectivity index (χ0n) is 10.8. The summed E-state index contributed by atoms with van der Waals surface area (Å²) in [4.78, 5) is 15.3. The highest BCUT2D eigenvalue weighted by atomic mass is 16.6. The van der Waals surface area contributed by atoms with E-state index in [2.05, 4.69) is 10.00 Å². The molecule has 1 aromatic rings. The summed E-state index contributed by atoms with van der Waals surface area (Å²) in [6, 6.07) is 0. The van der Waals surface area contributed by atoms with Crippen LogP contribution in [0.25, 0.3) is 0 Å². The molecule has 1 fully saturated rings. The highest BCUT2D eigenvalue weighted by Gasteiger charge is 2.24. The van der Waals surface area contributed by atoms with Crippen molar-refractivity contribution in [2.75, 3.05) is 43.4 Å². The minimum atomic E-state index is -0.244. The van der Waals surface area contributed by atoms with Crippen LogP contribution in [0.1, 0.15) is 6.92 Å². The Bertz CT molecular complexity index is 423. The van der Waals surface area contributed by atoms with Gasteiger partial charge in [0, 0.05) is 39.4 Å². The number of piperazine rings is 1. The van der Waals surface area contributed by atoms with Gasteiger partial charge in [-0.15, -0.1) is 0 Å². The molecule has 0 bridgehead atoms. The van der Waals surface area contributed by atoms with Crippen LogP contribution >= 0.6 is 0 Å². The Hall–Kier alpha value is -1.92. The molecule has 2 N–H and O–H groups in total. The molecule has 100 valence electrons. The monoisotopic (exact) mass is 253 g/mol. The van der Waals surface area contributed by atoms with Crippen LogP contribution in [-0.4, -0.2) is 53.6 Å². The van der Waals surface area contributed by atoms with Crippen molar-refractivity contribution in [1.82, 2.24) is 14.7 Å². The maximum atomic E-state index is 11.6. The molecule has 7 heteroatoms. The van der Waals surface area contributed by atoms with E-state index in [1.807, 2.05) is 14.0 Å². The number of nitrogens with two attached hydrogens (primary N) is 1. The zero-order chi connectivity index (χ0) is 13.1. The zero-order valence-corrected chi connectivity index (χ0v) is 10.8. The molecular formula is C11H19N5O2. The number of rotatable bonds is 2. The average molecular weight is 253 g/mol. The smallest absolute Gasteiger partial charge is 0.409 e. The van der Waals surface area contributed by atoms with Gasteiger partial charge < -0.3 is 20.3 Å². The molecule has 1 saturated heterocycles. The molecule has 2 heterocycles. The van der Waals surface area contributed by atoms with Crippen molar-refractivity contribution in [3.05, 3.63) is 6.20 Å². The van der Waals surface area contributed by atoms with Gasteiger partial charge in [-0.05, 0) is 6.92 Å². The van der Waals surface area contributed by atoms with Crippen molar-refractivity contribution < 1.29 is 9.53 Å². The fourth-order valence-electron chi connectivity index (χ4n) is 2.06. The van der Waals surface area contributed by atoms with Gasteiger partial charge in [0.25, 0.3) is 0 Å². The minimum absolute atomic E-state index is 0.244. The predicted molar refractivity (Wildman–Crippen MR) is 68.4 cm³/mol. The number of amides is 1. The third-order valence-electron chi connectivity index (χ3n) is 2.94. The average Bonchev–Trinajstić information content (AvgIpc) is 2.69. The van der Waals surface area contributed by atoms with E-state index in [-0.39, 0.29) is 6.09 Å². The molecule has 7 nitrogen and oxygen atoms in total. The lowest BCUT2D eigenvalue weighted by Crippen LogP contribution is -2.49. The second-order valence-electron chi connectivity index (χ2n) is 4.25. The summed E-state index contributed by atoms with van der Waals surface area (Å²) in [5.41, 5.74) is 6.55. The first-order valence-corrected chi connectivity index (χ1v) is 6.07. The van der Waals surface area contributed by atoms with Gasteiger partial charge in [0.05, 0.1) is 12.3 Å². The van der Waals surface area contributed by atoms with E-state index < -0.39 is 0 Å². The summed E-state index contributed by atoms with van der Waals surface area (Å²) in [5.74, 6) is 0.793. The number of anilines is 2. The lowest BCUT2D eigenvalue weighted by Gasteiger charge is -2.34. The number of aryl methyl sites for hydroxylation is 1. The Morgan fingerprint density at radius 2 is 2.11 bits per heavy atom. The number of carbonyl (C=O) groups is 1. The van der Waals surface area contributed by atoms with Crippen LogP contribution in [0.2, 0.25) is 0 Å².